The molecule has 8 heteroatoms. The maximum absolute atomic E-state index is 13.6. The molecule has 3 rings (SSSR count). The molecule has 0 spiro atoms. The number of nitrogens with one attached hydrogen (secondary N) is 1. The fraction of sp³-hybridized carbons (Fsp3) is 0.278. The van der Waals surface area contributed by atoms with Crippen molar-refractivity contribution in [3.05, 3.63) is 65.5 Å². The topological polar surface area (TPSA) is 75.7 Å². The summed E-state index contributed by atoms with van der Waals surface area (Å²) >= 11 is 0. The van der Waals surface area contributed by atoms with E-state index in [9.17, 15) is 17.6 Å². The first-order chi connectivity index (χ1) is 12.5. The molecule has 1 amide bonds. The molecule has 0 aliphatic carbocycles. The summed E-state index contributed by atoms with van der Waals surface area (Å²) in [5.74, 6) is -0.872. The first kappa shape index (κ1) is 18.5. The normalized spacial score (nSPS) is 15.6. The number of hydrogen-bond acceptors (Lipinski definition) is 4. The van der Waals surface area contributed by atoms with Gasteiger partial charge < -0.3 is 10.1 Å². The number of sulfonamides is 1. The summed E-state index contributed by atoms with van der Waals surface area (Å²) in [5, 5.41) is 2.61. The van der Waals surface area contributed by atoms with Gasteiger partial charge in [0.2, 0.25) is 10.0 Å². The average Bonchev–Trinajstić information content (AvgIpc) is 2.68. The third kappa shape index (κ3) is 4.09. The molecule has 0 saturated carbocycles. The predicted octanol–water partition coefficient (Wildman–Crippen LogP) is 1.78. The summed E-state index contributed by atoms with van der Waals surface area (Å²) in [6.07, 6.45) is 0. The fourth-order valence-corrected chi connectivity index (χ4v) is 4.11. The van der Waals surface area contributed by atoms with Crippen LogP contribution in [0.25, 0.3) is 0 Å². The molecule has 0 atom stereocenters. The molecule has 26 heavy (non-hydrogen) atoms. The van der Waals surface area contributed by atoms with Crippen molar-refractivity contribution < 1.29 is 22.3 Å². The molecule has 0 aromatic heterocycles. The summed E-state index contributed by atoms with van der Waals surface area (Å²) in [7, 11) is -3.68. The number of ether oxygens (including phenoxy) is 1. The van der Waals surface area contributed by atoms with Gasteiger partial charge in [-0.2, -0.15) is 4.31 Å². The molecule has 138 valence electrons. The second-order valence-electron chi connectivity index (χ2n) is 5.82. The van der Waals surface area contributed by atoms with E-state index >= 15 is 0 Å². The number of nitrogens with zero attached hydrogens (tertiary/aromatic N) is 1. The van der Waals surface area contributed by atoms with E-state index in [2.05, 4.69) is 5.32 Å². The van der Waals surface area contributed by atoms with Gasteiger partial charge in [0.15, 0.2) is 0 Å². The van der Waals surface area contributed by atoms with E-state index in [1.807, 2.05) is 0 Å². The lowest BCUT2D eigenvalue weighted by Gasteiger charge is -2.26. The molecule has 2 aromatic carbocycles. The van der Waals surface area contributed by atoms with Gasteiger partial charge in [0.1, 0.15) is 5.82 Å². The van der Waals surface area contributed by atoms with Gasteiger partial charge in [-0.1, -0.05) is 24.3 Å². The molecule has 0 bridgehead atoms. The summed E-state index contributed by atoms with van der Waals surface area (Å²) in [4.78, 5) is 12.4. The standard InChI is InChI=1S/C18H19FN2O4S/c19-17-7-2-1-4-15(17)13-20-18(22)14-5-3-6-16(12-14)26(23,24)21-8-10-25-11-9-21/h1-7,12H,8-11,13H2,(H,20,22). The molecule has 0 radical (unpaired) electrons. The van der Waals surface area contributed by atoms with Crippen LogP contribution < -0.4 is 5.32 Å². The van der Waals surface area contributed by atoms with Crippen molar-refractivity contribution >= 4 is 15.9 Å². The van der Waals surface area contributed by atoms with Gasteiger partial charge in [-0.25, -0.2) is 12.8 Å². The van der Waals surface area contributed by atoms with Gasteiger partial charge in [0.05, 0.1) is 18.1 Å². The SMILES string of the molecule is O=C(NCc1ccccc1F)c1cccc(S(=O)(=O)N2CCOCC2)c1. The Hall–Kier alpha value is -2.29. The van der Waals surface area contributed by atoms with Crippen LogP contribution in [0.15, 0.2) is 53.4 Å². The van der Waals surface area contributed by atoms with Gasteiger partial charge in [-0.3, -0.25) is 4.79 Å². The minimum Gasteiger partial charge on any atom is -0.379 e. The maximum atomic E-state index is 13.6. The quantitative estimate of drug-likeness (QED) is 0.861. The Bertz CT molecular complexity index is 896. The third-order valence-corrected chi connectivity index (χ3v) is 6.00. The van der Waals surface area contributed by atoms with E-state index in [1.165, 1.54) is 34.6 Å². The number of morpholine rings is 1. The van der Waals surface area contributed by atoms with Crippen LogP contribution in [0.3, 0.4) is 0 Å². The highest BCUT2D eigenvalue weighted by molar-refractivity contribution is 7.89. The monoisotopic (exact) mass is 378 g/mol. The molecule has 1 saturated heterocycles. The van der Waals surface area contributed by atoms with E-state index in [-0.39, 0.29) is 30.1 Å². The van der Waals surface area contributed by atoms with Gasteiger partial charge >= 0.3 is 0 Å². The second kappa shape index (κ2) is 7.94. The average molecular weight is 378 g/mol. The number of halogens is 1. The van der Waals surface area contributed by atoms with Crippen LogP contribution >= 0.6 is 0 Å². The lowest BCUT2D eigenvalue weighted by molar-refractivity contribution is 0.0730. The molecular weight excluding hydrogens is 359 g/mol. The van der Waals surface area contributed by atoms with Crippen LogP contribution in [0, 0.1) is 5.82 Å². The summed E-state index contributed by atoms with van der Waals surface area (Å²) in [6, 6.07) is 12.0. The first-order valence-corrected chi connectivity index (χ1v) is 9.62. The van der Waals surface area contributed by atoms with Gasteiger partial charge in [0, 0.05) is 30.8 Å². The Labute approximate surface area is 151 Å². The number of carbonyl (C=O) groups excluding carboxylic acids is 1. The number of rotatable bonds is 5. The third-order valence-electron chi connectivity index (χ3n) is 4.10. The van der Waals surface area contributed by atoms with Crippen molar-refractivity contribution in [2.75, 3.05) is 26.3 Å². The number of benzene rings is 2. The smallest absolute Gasteiger partial charge is 0.251 e. The number of carbonyl (C=O) groups is 1. The molecule has 0 unspecified atom stereocenters. The van der Waals surface area contributed by atoms with Crippen LogP contribution in [0.5, 0.6) is 0 Å². The van der Waals surface area contributed by atoms with E-state index in [1.54, 1.807) is 18.2 Å². The van der Waals surface area contributed by atoms with Gasteiger partial charge in [0.25, 0.3) is 5.91 Å². The highest BCUT2D eigenvalue weighted by Gasteiger charge is 2.26. The van der Waals surface area contributed by atoms with Crippen molar-refractivity contribution in [3.63, 3.8) is 0 Å². The van der Waals surface area contributed by atoms with Crippen LogP contribution in [-0.4, -0.2) is 44.9 Å². The predicted molar refractivity (Wildman–Crippen MR) is 93.6 cm³/mol. The van der Waals surface area contributed by atoms with Crippen LogP contribution in [0.1, 0.15) is 15.9 Å². The maximum Gasteiger partial charge on any atom is 0.251 e. The summed E-state index contributed by atoms with van der Waals surface area (Å²) < 4.78 is 45.5. The van der Waals surface area contributed by atoms with Crippen LogP contribution in [0.2, 0.25) is 0 Å². The number of hydrogen-bond donors (Lipinski definition) is 1. The summed E-state index contributed by atoms with van der Waals surface area (Å²) in [6.45, 7) is 1.29. The molecule has 6 nitrogen and oxygen atoms in total. The Morgan fingerprint density at radius 3 is 2.58 bits per heavy atom. The largest absolute Gasteiger partial charge is 0.379 e. The lowest BCUT2D eigenvalue weighted by atomic mass is 10.2. The van der Waals surface area contributed by atoms with E-state index in [0.717, 1.165) is 0 Å². The molecule has 2 aromatic rings. The Morgan fingerprint density at radius 1 is 1.12 bits per heavy atom. The zero-order valence-electron chi connectivity index (χ0n) is 14.0. The highest BCUT2D eigenvalue weighted by atomic mass is 32.2. The van der Waals surface area contributed by atoms with Crippen molar-refractivity contribution in [1.29, 1.82) is 0 Å². The van der Waals surface area contributed by atoms with E-state index < -0.39 is 21.7 Å². The van der Waals surface area contributed by atoms with Gasteiger partial charge in [-0.05, 0) is 24.3 Å². The molecule has 1 N–H and O–H groups in total. The zero-order valence-corrected chi connectivity index (χ0v) is 14.8. The van der Waals surface area contributed by atoms with Crippen LogP contribution in [0.4, 0.5) is 4.39 Å². The van der Waals surface area contributed by atoms with Crippen LogP contribution in [-0.2, 0) is 21.3 Å². The first-order valence-electron chi connectivity index (χ1n) is 8.18. The number of amides is 1. The second-order valence-corrected chi connectivity index (χ2v) is 7.76. The van der Waals surface area contributed by atoms with E-state index in [4.69, 9.17) is 4.74 Å². The Balaban J connectivity index is 1.74. The van der Waals surface area contributed by atoms with Crippen molar-refractivity contribution in [3.8, 4) is 0 Å². The van der Waals surface area contributed by atoms with Crippen molar-refractivity contribution in [2.24, 2.45) is 0 Å². The zero-order chi connectivity index (χ0) is 18.6. The molecule has 1 fully saturated rings. The molecule has 1 aliphatic heterocycles. The van der Waals surface area contributed by atoms with Crippen molar-refractivity contribution in [1.82, 2.24) is 9.62 Å². The van der Waals surface area contributed by atoms with Crippen molar-refractivity contribution in [2.45, 2.75) is 11.4 Å². The molecule has 1 heterocycles. The minimum absolute atomic E-state index is 0.0198. The Morgan fingerprint density at radius 2 is 1.85 bits per heavy atom. The molecular formula is C18H19FN2O4S. The lowest BCUT2D eigenvalue weighted by Crippen LogP contribution is -2.40. The molecule has 1 aliphatic rings. The summed E-state index contributed by atoms with van der Waals surface area (Å²) in [5.41, 5.74) is 0.564. The minimum atomic E-state index is -3.68. The van der Waals surface area contributed by atoms with E-state index in [0.29, 0.717) is 18.8 Å². The van der Waals surface area contributed by atoms with Gasteiger partial charge in [-0.15, -0.1) is 0 Å². The Kier molecular flexibility index (Phi) is 5.65. The fourth-order valence-electron chi connectivity index (χ4n) is 2.65. The highest BCUT2D eigenvalue weighted by Crippen LogP contribution is 2.18.